The number of amides is 1. The zero-order chi connectivity index (χ0) is 19.7. The minimum Gasteiger partial charge on any atom is -0.462 e. The quantitative estimate of drug-likeness (QED) is 0.407. The lowest BCUT2D eigenvalue weighted by atomic mass is 10.2. The molecule has 3 heterocycles. The number of nitrogens with zero attached hydrogens (tertiary/aromatic N) is 1. The topological polar surface area (TPSA) is 68.3 Å². The van der Waals surface area contributed by atoms with E-state index in [-0.39, 0.29) is 5.91 Å². The minimum absolute atomic E-state index is 0.235. The van der Waals surface area contributed by atoms with Crippen LogP contribution in [0.2, 0.25) is 0 Å². The van der Waals surface area contributed by atoms with Crippen molar-refractivity contribution < 1.29 is 14.3 Å². The van der Waals surface area contributed by atoms with Gasteiger partial charge in [-0.2, -0.15) is 0 Å². The third-order valence-corrected chi connectivity index (χ3v) is 7.42. The van der Waals surface area contributed by atoms with Crippen molar-refractivity contribution >= 4 is 61.1 Å². The van der Waals surface area contributed by atoms with Crippen molar-refractivity contribution in [2.45, 2.75) is 13.8 Å². The summed E-state index contributed by atoms with van der Waals surface area (Å²) < 4.78 is 6.23. The molecule has 0 bridgehead atoms. The Morgan fingerprint density at radius 3 is 2.68 bits per heavy atom. The number of thiophene rings is 2. The molecule has 0 aliphatic rings. The van der Waals surface area contributed by atoms with E-state index in [9.17, 15) is 9.59 Å². The first-order valence-corrected chi connectivity index (χ1v) is 11.0. The lowest BCUT2D eigenvalue weighted by Crippen LogP contribution is -2.09. The van der Waals surface area contributed by atoms with Gasteiger partial charge in [-0.25, -0.2) is 9.78 Å². The van der Waals surface area contributed by atoms with Gasteiger partial charge < -0.3 is 4.74 Å². The number of esters is 1. The number of carbonyl (C=O) groups excluding carboxylic acids is 2. The van der Waals surface area contributed by atoms with Crippen molar-refractivity contribution in [2.24, 2.45) is 0 Å². The van der Waals surface area contributed by atoms with Crippen LogP contribution in [0.3, 0.4) is 0 Å². The Morgan fingerprint density at radius 1 is 1.07 bits per heavy atom. The Morgan fingerprint density at radius 2 is 1.89 bits per heavy atom. The second kappa shape index (κ2) is 7.83. The highest BCUT2D eigenvalue weighted by Gasteiger charge is 2.19. The molecule has 0 radical (unpaired) electrons. The number of benzene rings is 1. The summed E-state index contributed by atoms with van der Waals surface area (Å²) in [4.78, 5) is 32.0. The fourth-order valence-corrected chi connectivity index (χ4v) is 5.59. The van der Waals surface area contributed by atoms with E-state index in [1.807, 2.05) is 24.3 Å². The Kier molecular flexibility index (Phi) is 5.25. The van der Waals surface area contributed by atoms with E-state index in [1.54, 1.807) is 25.2 Å². The van der Waals surface area contributed by atoms with Gasteiger partial charge in [0.1, 0.15) is 4.88 Å². The van der Waals surface area contributed by atoms with Crippen molar-refractivity contribution in [3.05, 3.63) is 57.9 Å². The van der Waals surface area contributed by atoms with Crippen molar-refractivity contribution in [2.75, 3.05) is 11.9 Å². The van der Waals surface area contributed by atoms with E-state index in [0.29, 0.717) is 27.2 Å². The predicted octanol–water partition coefficient (Wildman–Crippen LogP) is 5.82. The van der Waals surface area contributed by atoms with Gasteiger partial charge in [0.05, 0.1) is 17.2 Å². The summed E-state index contributed by atoms with van der Waals surface area (Å²) in [7, 11) is 0. The maximum Gasteiger partial charge on any atom is 0.350 e. The van der Waals surface area contributed by atoms with Gasteiger partial charge in [-0.1, -0.05) is 29.5 Å². The molecule has 0 saturated heterocycles. The monoisotopic (exact) mass is 428 g/mol. The third-order valence-electron chi connectivity index (χ3n) is 3.98. The minimum atomic E-state index is -0.416. The average Bonchev–Trinajstić information content (AvgIpc) is 3.39. The smallest absolute Gasteiger partial charge is 0.350 e. The number of fused-ring (bicyclic) bond motifs is 1. The van der Waals surface area contributed by atoms with E-state index >= 15 is 0 Å². The van der Waals surface area contributed by atoms with Gasteiger partial charge in [0.15, 0.2) is 5.13 Å². The van der Waals surface area contributed by atoms with Crippen LogP contribution in [0.25, 0.3) is 19.8 Å². The number of hydrogen-bond donors (Lipinski definition) is 1. The summed E-state index contributed by atoms with van der Waals surface area (Å²) in [6.45, 7) is 3.78. The van der Waals surface area contributed by atoms with Gasteiger partial charge in [0.25, 0.3) is 5.91 Å². The van der Waals surface area contributed by atoms with Crippen LogP contribution >= 0.6 is 34.0 Å². The lowest BCUT2D eigenvalue weighted by molar-refractivity contribution is 0.0531. The normalized spacial score (nSPS) is 10.9. The first-order chi connectivity index (χ1) is 13.5. The van der Waals surface area contributed by atoms with Crippen molar-refractivity contribution in [3.63, 3.8) is 0 Å². The van der Waals surface area contributed by atoms with Crippen molar-refractivity contribution in [3.8, 4) is 9.75 Å². The number of aromatic nitrogens is 1. The van der Waals surface area contributed by atoms with Gasteiger partial charge in [0, 0.05) is 14.5 Å². The Hall–Kier alpha value is -2.55. The highest BCUT2D eigenvalue weighted by Crippen LogP contribution is 2.37. The maximum absolute atomic E-state index is 12.6. The van der Waals surface area contributed by atoms with Crippen LogP contribution in [0.1, 0.15) is 32.0 Å². The molecule has 0 saturated carbocycles. The highest BCUT2D eigenvalue weighted by molar-refractivity contribution is 7.26. The van der Waals surface area contributed by atoms with Crippen LogP contribution < -0.4 is 5.32 Å². The number of ether oxygens (including phenoxy) is 1. The third kappa shape index (κ3) is 3.71. The lowest BCUT2D eigenvalue weighted by Gasteiger charge is -1.98. The molecular formula is C20H16N2O3S3. The second-order valence-electron chi connectivity index (χ2n) is 5.92. The average molecular weight is 429 g/mol. The van der Waals surface area contributed by atoms with Crippen LogP contribution in [0.4, 0.5) is 5.13 Å². The van der Waals surface area contributed by atoms with E-state index < -0.39 is 5.97 Å². The van der Waals surface area contributed by atoms with Gasteiger partial charge in [-0.3, -0.25) is 10.1 Å². The summed E-state index contributed by atoms with van der Waals surface area (Å²) in [5, 5.41) is 4.37. The zero-order valence-corrected chi connectivity index (χ0v) is 17.6. The van der Waals surface area contributed by atoms with Crippen LogP contribution in [0.5, 0.6) is 0 Å². The number of aryl methyl sites for hydroxylation is 1. The Bertz CT molecular complexity index is 1140. The summed E-state index contributed by atoms with van der Waals surface area (Å²) >= 11 is 4.27. The molecule has 0 spiro atoms. The second-order valence-corrected chi connectivity index (χ2v) is 9.09. The zero-order valence-electron chi connectivity index (χ0n) is 15.1. The molecule has 1 amide bonds. The van der Waals surface area contributed by atoms with Gasteiger partial charge >= 0.3 is 5.97 Å². The number of carbonyl (C=O) groups is 2. The number of thiazole rings is 1. The number of nitrogens with one attached hydrogen (secondary N) is 1. The largest absolute Gasteiger partial charge is 0.462 e. The molecule has 4 aromatic rings. The Balaban J connectivity index is 1.52. The van der Waals surface area contributed by atoms with Gasteiger partial charge in [-0.15, -0.1) is 22.7 Å². The van der Waals surface area contributed by atoms with E-state index in [2.05, 4.69) is 28.5 Å². The predicted molar refractivity (Wildman–Crippen MR) is 116 cm³/mol. The molecule has 0 aliphatic carbocycles. The SMILES string of the molecule is CCOC(=O)c1sc(NC(=O)c2ccc(-c3cc4ccccc4s3)s2)nc1C. The molecule has 0 fully saturated rings. The summed E-state index contributed by atoms with van der Waals surface area (Å²) in [6, 6.07) is 14.1. The molecule has 1 N–H and O–H groups in total. The first-order valence-electron chi connectivity index (χ1n) is 8.60. The van der Waals surface area contributed by atoms with Crippen LogP contribution in [0, 0.1) is 6.92 Å². The summed E-state index contributed by atoms with van der Waals surface area (Å²) in [5.74, 6) is -0.650. The van der Waals surface area contributed by atoms with Crippen LogP contribution in [-0.4, -0.2) is 23.5 Å². The molecule has 28 heavy (non-hydrogen) atoms. The van der Waals surface area contributed by atoms with Crippen LogP contribution in [0.15, 0.2) is 42.5 Å². The molecule has 4 rings (SSSR count). The van der Waals surface area contributed by atoms with E-state index in [0.717, 1.165) is 21.1 Å². The van der Waals surface area contributed by atoms with Crippen LogP contribution in [-0.2, 0) is 4.74 Å². The molecule has 3 aromatic heterocycles. The summed E-state index contributed by atoms with van der Waals surface area (Å²) in [5.41, 5.74) is 0.552. The molecule has 0 aliphatic heterocycles. The molecule has 8 heteroatoms. The Labute approximate surface area is 173 Å². The summed E-state index contributed by atoms with van der Waals surface area (Å²) in [6.07, 6.45) is 0. The van der Waals surface area contributed by atoms with E-state index in [4.69, 9.17) is 4.74 Å². The molecule has 0 atom stereocenters. The number of anilines is 1. The van der Waals surface area contributed by atoms with Gasteiger partial charge in [0.2, 0.25) is 0 Å². The van der Waals surface area contributed by atoms with Gasteiger partial charge in [-0.05, 0) is 43.5 Å². The first kappa shape index (κ1) is 18.8. The van der Waals surface area contributed by atoms with Crippen molar-refractivity contribution in [1.29, 1.82) is 0 Å². The molecule has 142 valence electrons. The fraction of sp³-hybridized carbons (Fsp3) is 0.150. The van der Waals surface area contributed by atoms with E-state index in [1.165, 1.54) is 21.4 Å². The fourth-order valence-electron chi connectivity index (χ4n) is 2.69. The van der Waals surface area contributed by atoms with Crippen molar-refractivity contribution in [1.82, 2.24) is 4.98 Å². The molecule has 0 unspecified atom stereocenters. The maximum atomic E-state index is 12.6. The highest BCUT2D eigenvalue weighted by atomic mass is 32.1. The standard InChI is InChI=1S/C20H16N2O3S3/c1-3-25-19(24)17-11(2)21-20(28-17)22-18(23)15-9-8-14(27-15)16-10-12-6-4-5-7-13(12)26-16/h4-10H,3H2,1-2H3,(H,21,22,23). The number of hydrogen-bond acceptors (Lipinski definition) is 7. The molecule has 5 nitrogen and oxygen atoms in total. The molecule has 1 aromatic carbocycles. The molecular weight excluding hydrogens is 412 g/mol. The number of rotatable bonds is 5.